The summed E-state index contributed by atoms with van der Waals surface area (Å²) in [6.45, 7) is 6.04. The fraction of sp³-hybridized carbons (Fsp3) is 0.722. The highest BCUT2D eigenvalue weighted by molar-refractivity contribution is 5.93. The standard InChI is InChI=1S/C18H27N3O3/c1-12(2)4-3-5-14-11-21(8-9-24-14)18(23)15-10-19-16(13-6-7-13)20-17(15)22/h10,12-14H,3-9,11H2,1-2H3,(H,19,20,22). The predicted molar refractivity (Wildman–Crippen MR) is 91.2 cm³/mol. The van der Waals surface area contributed by atoms with Gasteiger partial charge in [-0.2, -0.15) is 0 Å². The van der Waals surface area contributed by atoms with Crippen molar-refractivity contribution in [1.29, 1.82) is 0 Å². The van der Waals surface area contributed by atoms with Gasteiger partial charge in [-0.15, -0.1) is 0 Å². The third-order valence-corrected chi connectivity index (χ3v) is 4.75. The molecule has 0 radical (unpaired) electrons. The molecule has 24 heavy (non-hydrogen) atoms. The lowest BCUT2D eigenvalue weighted by Gasteiger charge is -2.33. The van der Waals surface area contributed by atoms with Crippen molar-refractivity contribution in [2.45, 2.75) is 58.0 Å². The smallest absolute Gasteiger partial charge is 0.263 e. The molecular weight excluding hydrogens is 306 g/mol. The molecule has 1 saturated heterocycles. The van der Waals surface area contributed by atoms with E-state index in [0.717, 1.165) is 25.7 Å². The maximum absolute atomic E-state index is 12.7. The number of morpholine rings is 1. The number of nitrogens with one attached hydrogen (secondary N) is 1. The predicted octanol–water partition coefficient (Wildman–Crippen LogP) is 2.31. The molecule has 2 fully saturated rings. The lowest BCUT2D eigenvalue weighted by Crippen LogP contribution is -2.47. The van der Waals surface area contributed by atoms with Gasteiger partial charge in [0.25, 0.3) is 11.5 Å². The minimum atomic E-state index is -0.320. The molecule has 0 aromatic carbocycles. The van der Waals surface area contributed by atoms with Gasteiger partial charge in [0.05, 0.1) is 12.7 Å². The van der Waals surface area contributed by atoms with E-state index in [1.165, 1.54) is 12.6 Å². The lowest BCUT2D eigenvalue weighted by atomic mass is 10.0. The fourth-order valence-electron chi connectivity index (χ4n) is 3.13. The number of carbonyl (C=O) groups is 1. The van der Waals surface area contributed by atoms with Crippen molar-refractivity contribution in [1.82, 2.24) is 14.9 Å². The molecule has 6 nitrogen and oxygen atoms in total. The molecule has 1 aromatic heterocycles. The number of nitrogens with zero attached hydrogens (tertiary/aromatic N) is 2. The molecule has 1 aliphatic heterocycles. The van der Waals surface area contributed by atoms with E-state index in [1.807, 2.05) is 0 Å². The topological polar surface area (TPSA) is 75.3 Å². The molecule has 1 aromatic rings. The third kappa shape index (κ3) is 4.23. The highest BCUT2D eigenvalue weighted by atomic mass is 16.5. The molecule has 2 heterocycles. The second-order valence-corrected chi connectivity index (χ2v) is 7.35. The molecule has 1 saturated carbocycles. The number of hydrogen-bond donors (Lipinski definition) is 1. The molecule has 132 valence electrons. The SMILES string of the molecule is CC(C)CCCC1CN(C(=O)c2cnc(C3CC3)[nH]c2=O)CCO1. The number of hydrogen-bond acceptors (Lipinski definition) is 4. The van der Waals surface area contributed by atoms with Crippen molar-refractivity contribution < 1.29 is 9.53 Å². The summed E-state index contributed by atoms with van der Waals surface area (Å²) in [4.78, 5) is 33.6. The van der Waals surface area contributed by atoms with Crippen LogP contribution in [0.2, 0.25) is 0 Å². The number of rotatable bonds is 6. The largest absolute Gasteiger partial charge is 0.375 e. The first kappa shape index (κ1) is 17.1. The molecule has 0 bridgehead atoms. The molecule has 3 rings (SSSR count). The Balaban J connectivity index is 1.60. The third-order valence-electron chi connectivity index (χ3n) is 4.75. The highest BCUT2D eigenvalue weighted by Crippen LogP contribution is 2.37. The molecule has 1 aliphatic carbocycles. The Kier molecular flexibility index (Phi) is 5.33. The summed E-state index contributed by atoms with van der Waals surface area (Å²) in [7, 11) is 0. The van der Waals surface area contributed by atoms with E-state index >= 15 is 0 Å². The number of amides is 1. The van der Waals surface area contributed by atoms with Crippen molar-refractivity contribution in [3.63, 3.8) is 0 Å². The molecule has 1 amide bonds. The van der Waals surface area contributed by atoms with Crippen LogP contribution >= 0.6 is 0 Å². The van der Waals surface area contributed by atoms with Gasteiger partial charge in [-0.25, -0.2) is 4.98 Å². The van der Waals surface area contributed by atoms with Crippen molar-refractivity contribution in [3.05, 3.63) is 27.9 Å². The zero-order valence-corrected chi connectivity index (χ0v) is 14.6. The highest BCUT2D eigenvalue weighted by Gasteiger charge is 2.29. The van der Waals surface area contributed by atoms with Crippen LogP contribution in [-0.2, 0) is 4.74 Å². The van der Waals surface area contributed by atoms with Gasteiger partial charge in [0.2, 0.25) is 0 Å². The number of ether oxygens (including phenoxy) is 1. The normalized spacial score (nSPS) is 21.3. The number of aromatic amines is 1. The van der Waals surface area contributed by atoms with Crippen LogP contribution in [0.4, 0.5) is 0 Å². The first-order chi connectivity index (χ1) is 11.5. The Morgan fingerprint density at radius 2 is 2.25 bits per heavy atom. The van der Waals surface area contributed by atoms with Gasteiger partial charge in [0.1, 0.15) is 11.4 Å². The van der Waals surface area contributed by atoms with Crippen LogP contribution in [0, 0.1) is 5.92 Å². The second-order valence-electron chi connectivity index (χ2n) is 7.35. The quantitative estimate of drug-likeness (QED) is 0.867. The Hall–Kier alpha value is -1.69. The number of H-pyrrole nitrogens is 1. The Labute approximate surface area is 142 Å². The van der Waals surface area contributed by atoms with E-state index in [0.29, 0.717) is 37.4 Å². The Bertz CT molecular complexity index is 637. The number of carbonyl (C=O) groups excluding carboxylic acids is 1. The molecule has 1 atom stereocenters. The van der Waals surface area contributed by atoms with Crippen LogP contribution in [0.25, 0.3) is 0 Å². The van der Waals surface area contributed by atoms with Gasteiger partial charge in [0.15, 0.2) is 0 Å². The summed E-state index contributed by atoms with van der Waals surface area (Å²) in [6.07, 6.45) is 6.87. The van der Waals surface area contributed by atoms with Crippen LogP contribution < -0.4 is 5.56 Å². The van der Waals surface area contributed by atoms with Crippen molar-refractivity contribution >= 4 is 5.91 Å². The first-order valence-electron chi connectivity index (χ1n) is 9.04. The molecule has 1 N–H and O–H groups in total. The van der Waals surface area contributed by atoms with Crippen LogP contribution in [0.15, 0.2) is 11.0 Å². The molecule has 6 heteroatoms. The molecular formula is C18H27N3O3. The van der Waals surface area contributed by atoms with Gasteiger partial charge in [-0.1, -0.05) is 26.7 Å². The monoisotopic (exact) mass is 333 g/mol. The maximum Gasteiger partial charge on any atom is 0.263 e. The summed E-state index contributed by atoms with van der Waals surface area (Å²) >= 11 is 0. The Morgan fingerprint density at radius 3 is 2.92 bits per heavy atom. The van der Waals surface area contributed by atoms with E-state index < -0.39 is 0 Å². The van der Waals surface area contributed by atoms with Crippen LogP contribution in [0.3, 0.4) is 0 Å². The summed E-state index contributed by atoms with van der Waals surface area (Å²) in [5, 5.41) is 0. The van der Waals surface area contributed by atoms with E-state index in [1.54, 1.807) is 4.90 Å². The molecule has 0 spiro atoms. The number of aromatic nitrogens is 2. The maximum atomic E-state index is 12.7. The van der Waals surface area contributed by atoms with Gasteiger partial charge in [-0.05, 0) is 25.2 Å². The lowest BCUT2D eigenvalue weighted by molar-refractivity contribution is -0.0260. The van der Waals surface area contributed by atoms with Crippen molar-refractivity contribution in [3.8, 4) is 0 Å². The summed E-state index contributed by atoms with van der Waals surface area (Å²) < 4.78 is 5.77. The fourth-order valence-corrected chi connectivity index (χ4v) is 3.13. The van der Waals surface area contributed by atoms with E-state index in [-0.39, 0.29) is 23.1 Å². The second kappa shape index (κ2) is 7.47. The molecule has 1 unspecified atom stereocenters. The van der Waals surface area contributed by atoms with E-state index in [4.69, 9.17) is 4.74 Å². The van der Waals surface area contributed by atoms with Crippen LogP contribution in [0.1, 0.15) is 68.1 Å². The van der Waals surface area contributed by atoms with E-state index in [2.05, 4.69) is 23.8 Å². The zero-order chi connectivity index (χ0) is 17.1. The minimum absolute atomic E-state index is 0.0687. The zero-order valence-electron chi connectivity index (χ0n) is 14.6. The first-order valence-corrected chi connectivity index (χ1v) is 9.04. The van der Waals surface area contributed by atoms with Crippen LogP contribution in [0.5, 0.6) is 0 Å². The average molecular weight is 333 g/mol. The minimum Gasteiger partial charge on any atom is -0.375 e. The van der Waals surface area contributed by atoms with Crippen molar-refractivity contribution in [2.24, 2.45) is 5.92 Å². The van der Waals surface area contributed by atoms with Crippen molar-refractivity contribution in [2.75, 3.05) is 19.7 Å². The van der Waals surface area contributed by atoms with Gasteiger partial charge >= 0.3 is 0 Å². The molecule has 2 aliphatic rings. The summed E-state index contributed by atoms with van der Waals surface area (Å²) in [5.41, 5.74) is -0.179. The van der Waals surface area contributed by atoms with Gasteiger partial charge in [0, 0.05) is 25.2 Å². The average Bonchev–Trinajstić information content (AvgIpc) is 3.39. The van der Waals surface area contributed by atoms with Crippen LogP contribution in [-0.4, -0.2) is 46.6 Å². The van der Waals surface area contributed by atoms with Gasteiger partial charge < -0.3 is 14.6 Å². The summed E-state index contributed by atoms with van der Waals surface area (Å²) in [5.74, 6) is 1.53. The van der Waals surface area contributed by atoms with Gasteiger partial charge in [-0.3, -0.25) is 9.59 Å². The Morgan fingerprint density at radius 1 is 1.46 bits per heavy atom. The summed E-state index contributed by atoms with van der Waals surface area (Å²) in [6, 6.07) is 0. The van der Waals surface area contributed by atoms with E-state index in [9.17, 15) is 9.59 Å².